The van der Waals surface area contributed by atoms with Gasteiger partial charge in [0.15, 0.2) is 0 Å². The van der Waals surface area contributed by atoms with Crippen molar-refractivity contribution in [1.82, 2.24) is 4.98 Å². The van der Waals surface area contributed by atoms with Crippen LogP contribution in [0.2, 0.25) is 0 Å². The van der Waals surface area contributed by atoms with E-state index in [1.165, 1.54) is 4.90 Å². The van der Waals surface area contributed by atoms with Crippen LogP contribution in [0.1, 0.15) is 29.3 Å². The quantitative estimate of drug-likeness (QED) is 0.129. The molecule has 3 aromatic rings. The summed E-state index contributed by atoms with van der Waals surface area (Å²) in [6.07, 6.45) is 1.57. The van der Waals surface area contributed by atoms with Crippen molar-refractivity contribution in [3.8, 4) is 0 Å². The Morgan fingerprint density at radius 2 is 1.74 bits per heavy atom. The molecule has 0 radical (unpaired) electrons. The van der Waals surface area contributed by atoms with Gasteiger partial charge in [0.25, 0.3) is 5.91 Å². The second kappa shape index (κ2) is 14.9. The van der Waals surface area contributed by atoms with E-state index in [2.05, 4.69) is 20.9 Å². The third-order valence-corrected chi connectivity index (χ3v) is 5.47. The molecule has 1 heterocycles. The molecule has 0 unspecified atom stereocenters. The van der Waals surface area contributed by atoms with E-state index in [9.17, 15) is 14.4 Å². The number of anilines is 4. The van der Waals surface area contributed by atoms with Gasteiger partial charge in [-0.05, 0) is 61.5 Å². The maximum Gasteiger partial charge on any atom is 0.307 e. The van der Waals surface area contributed by atoms with Crippen molar-refractivity contribution in [2.24, 2.45) is 5.73 Å². The van der Waals surface area contributed by atoms with E-state index in [-0.39, 0.29) is 56.2 Å². The zero-order chi connectivity index (χ0) is 27.5. The molecular weight excluding hydrogens is 522 g/mol. The van der Waals surface area contributed by atoms with E-state index >= 15 is 0 Å². The van der Waals surface area contributed by atoms with Crippen LogP contribution in [0.15, 0.2) is 66.9 Å². The van der Waals surface area contributed by atoms with Crippen LogP contribution in [0.3, 0.4) is 0 Å². The number of hydrogen-bond acceptors (Lipinski definition) is 8. The van der Waals surface area contributed by atoms with Crippen LogP contribution in [0.25, 0.3) is 0 Å². The standard InChI is InChI=1S/C27H31N7O4.ClH/c1-3-38-25(36)13-15-34(23-6-4-5-14-31-23)27(37)19-9-12-21(30-2)22(16-19)33-24(35)17-32-20-10-7-18(8-11-20)26(28)29;/h4-12,14,16,30,32H,3,13,15,17H2,1-2H3,(H3,28,29)(H,33,35);1H. The largest absolute Gasteiger partial charge is 0.466 e. The molecule has 1 aromatic heterocycles. The summed E-state index contributed by atoms with van der Waals surface area (Å²) in [7, 11) is 1.71. The number of nitrogen functional groups attached to an aromatic ring is 1. The van der Waals surface area contributed by atoms with Gasteiger partial charge in [-0.25, -0.2) is 4.98 Å². The summed E-state index contributed by atoms with van der Waals surface area (Å²) in [5.74, 6) is -0.764. The molecule has 39 heavy (non-hydrogen) atoms. The maximum absolute atomic E-state index is 13.5. The van der Waals surface area contributed by atoms with Crippen LogP contribution in [-0.2, 0) is 14.3 Å². The van der Waals surface area contributed by atoms with Crippen molar-refractivity contribution in [3.05, 3.63) is 78.0 Å². The van der Waals surface area contributed by atoms with E-state index in [1.807, 2.05) is 0 Å². The molecule has 0 saturated carbocycles. The molecule has 0 saturated heterocycles. The monoisotopic (exact) mass is 553 g/mol. The highest BCUT2D eigenvalue weighted by Crippen LogP contribution is 2.25. The van der Waals surface area contributed by atoms with Gasteiger partial charge < -0.3 is 26.4 Å². The Labute approximate surface area is 233 Å². The number of halogens is 1. The van der Waals surface area contributed by atoms with Crippen molar-refractivity contribution in [2.75, 3.05) is 47.6 Å². The number of esters is 1. The number of carbonyl (C=O) groups is 3. The Morgan fingerprint density at radius 3 is 2.36 bits per heavy atom. The van der Waals surface area contributed by atoms with E-state index in [1.54, 1.807) is 80.8 Å². The minimum atomic E-state index is -0.414. The fourth-order valence-corrected chi connectivity index (χ4v) is 3.57. The van der Waals surface area contributed by atoms with Gasteiger partial charge in [-0.15, -0.1) is 12.4 Å². The van der Waals surface area contributed by atoms with Crippen molar-refractivity contribution in [1.29, 1.82) is 5.41 Å². The fraction of sp³-hybridized carbons (Fsp3) is 0.222. The van der Waals surface area contributed by atoms with E-state index in [0.717, 1.165) is 0 Å². The highest BCUT2D eigenvalue weighted by Gasteiger charge is 2.21. The summed E-state index contributed by atoms with van der Waals surface area (Å²) >= 11 is 0. The van der Waals surface area contributed by atoms with E-state index < -0.39 is 5.97 Å². The van der Waals surface area contributed by atoms with Crippen LogP contribution in [0.4, 0.5) is 22.9 Å². The molecule has 0 fully saturated rings. The predicted molar refractivity (Wildman–Crippen MR) is 155 cm³/mol. The van der Waals surface area contributed by atoms with Crippen LogP contribution >= 0.6 is 12.4 Å². The molecule has 0 bridgehead atoms. The summed E-state index contributed by atoms with van der Waals surface area (Å²) < 4.78 is 5.00. The number of aromatic nitrogens is 1. The lowest BCUT2D eigenvalue weighted by molar-refractivity contribution is -0.142. The first-order valence-electron chi connectivity index (χ1n) is 12.0. The van der Waals surface area contributed by atoms with Crippen LogP contribution in [0, 0.1) is 5.41 Å². The number of nitrogens with two attached hydrogens (primary N) is 1. The smallest absolute Gasteiger partial charge is 0.307 e. The number of carbonyl (C=O) groups excluding carboxylic acids is 3. The molecule has 206 valence electrons. The second-order valence-electron chi connectivity index (χ2n) is 8.10. The minimum absolute atomic E-state index is 0. The Bertz CT molecular complexity index is 1290. The van der Waals surface area contributed by atoms with Gasteiger partial charge in [0.1, 0.15) is 11.7 Å². The predicted octanol–water partition coefficient (Wildman–Crippen LogP) is 3.48. The number of nitrogens with one attached hydrogen (secondary N) is 4. The summed E-state index contributed by atoms with van der Waals surface area (Å²) in [5, 5.41) is 16.3. The van der Waals surface area contributed by atoms with Crippen molar-refractivity contribution in [3.63, 3.8) is 0 Å². The average molecular weight is 554 g/mol. The molecule has 0 atom stereocenters. The number of ether oxygens (including phenoxy) is 1. The van der Waals surface area contributed by atoms with Crippen LogP contribution in [0.5, 0.6) is 0 Å². The number of rotatable bonds is 12. The SMILES string of the molecule is CCOC(=O)CCN(C(=O)c1ccc(NC)c(NC(=O)CNc2ccc(C(=N)N)cc2)c1)c1ccccn1.Cl. The first-order valence-corrected chi connectivity index (χ1v) is 12.0. The number of amides is 2. The first kappa shape index (κ1) is 30.6. The number of nitrogens with zero attached hydrogens (tertiary/aromatic N) is 2. The summed E-state index contributed by atoms with van der Waals surface area (Å²) in [6, 6.07) is 16.9. The molecule has 0 spiro atoms. The van der Waals surface area contributed by atoms with Gasteiger partial charge in [0.2, 0.25) is 5.91 Å². The molecule has 6 N–H and O–H groups in total. The maximum atomic E-state index is 13.5. The highest BCUT2D eigenvalue weighted by molar-refractivity contribution is 6.08. The molecule has 12 heteroatoms. The Hall–Kier alpha value is -4.64. The van der Waals surface area contributed by atoms with Crippen molar-refractivity contribution in [2.45, 2.75) is 13.3 Å². The summed E-state index contributed by atoms with van der Waals surface area (Å²) in [4.78, 5) is 43.8. The Morgan fingerprint density at radius 1 is 1.03 bits per heavy atom. The third kappa shape index (κ3) is 8.71. The second-order valence-corrected chi connectivity index (χ2v) is 8.10. The summed E-state index contributed by atoms with van der Waals surface area (Å²) in [6.45, 7) is 2.03. The molecular formula is C27H32ClN7O4. The van der Waals surface area contributed by atoms with Gasteiger partial charge in [-0.2, -0.15) is 0 Å². The van der Waals surface area contributed by atoms with Gasteiger partial charge in [0, 0.05) is 36.6 Å². The Kier molecular flexibility index (Phi) is 11.7. The van der Waals surface area contributed by atoms with Crippen molar-refractivity contribution >= 4 is 58.9 Å². The van der Waals surface area contributed by atoms with Gasteiger partial charge in [-0.3, -0.25) is 24.7 Å². The van der Waals surface area contributed by atoms with Gasteiger partial charge in [-0.1, -0.05) is 6.07 Å². The lowest BCUT2D eigenvalue weighted by Gasteiger charge is -2.22. The number of amidine groups is 1. The van der Waals surface area contributed by atoms with Gasteiger partial charge in [0.05, 0.1) is 30.9 Å². The van der Waals surface area contributed by atoms with E-state index in [4.69, 9.17) is 15.9 Å². The zero-order valence-corrected chi connectivity index (χ0v) is 22.5. The molecule has 0 aliphatic rings. The minimum Gasteiger partial charge on any atom is -0.466 e. The summed E-state index contributed by atoms with van der Waals surface area (Å²) in [5.41, 5.74) is 8.09. The highest BCUT2D eigenvalue weighted by atomic mass is 35.5. The lowest BCUT2D eigenvalue weighted by Crippen LogP contribution is -2.34. The third-order valence-electron chi connectivity index (χ3n) is 5.47. The van der Waals surface area contributed by atoms with E-state index in [0.29, 0.717) is 34.0 Å². The number of hydrogen-bond donors (Lipinski definition) is 5. The molecule has 11 nitrogen and oxygen atoms in total. The molecule has 0 aliphatic heterocycles. The number of pyridine rings is 1. The van der Waals surface area contributed by atoms with Crippen LogP contribution < -0.4 is 26.6 Å². The van der Waals surface area contributed by atoms with Gasteiger partial charge >= 0.3 is 5.97 Å². The lowest BCUT2D eigenvalue weighted by atomic mass is 10.1. The zero-order valence-electron chi connectivity index (χ0n) is 21.7. The topological polar surface area (TPSA) is 163 Å². The molecule has 3 rings (SSSR count). The van der Waals surface area contributed by atoms with Crippen LogP contribution in [-0.4, -0.2) is 55.3 Å². The first-order chi connectivity index (χ1) is 18.3. The molecule has 2 amide bonds. The Balaban J connectivity index is 0.00000533. The normalized spacial score (nSPS) is 10.0. The molecule has 2 aromatic carbocycles. The van der Waals surface area contributed by atoms with Crippen molar-refractivity contribution < 1.29 is 19.1 Å². The average Bonchev–Trinajstić information content (AvgIpc) is 2.93. The fourth-order valence-electron chi connectivity index (χ4n) is 3.57. The number of benzene rings is 2. The molecule has 0 aliphatic carbocycles.